The lowest BCUT2D eigenvalue weighted by molar-refractivity contribution is -0.117. The smallest absolute Gasteiger partial charge is 0.228 e. The summed E-state index contributed by atoms with van der Waals surface area (Å²) >= 11 is 0. The van der Waals surface area contributed by atoms with E-state index in [2.05, 4.69) is 35.6 Å². The van der Waals surface area contributed by atoms with Crippen molar-refractivity contribution in [3.8, 4) is 28.0 Å². The number of pyridine rings is 3. The molecule has 0 bridgehead atoms. The van der Waals surface area contributed by atoms with Gasteiger partial charge in [-0.05, 0) is 31.0 Å². The average Bonchev–Trinajstić information content (AvgIpc) is 3.78. The summed E-state index contributed by atoms with van der Waals surface area (Å²) in [4.78, 5) is 28.2. The van der Waals surface area contributed by atoms with Crippen LogP contribution in [0, 0.1) is 5.92 Å². The van der Waals surface area contributed by atoms with Gasteiger partial charge in [0.25, 0.3) is 0 Å². The average molecular weight is 639 g/mol. The van der Waals surface area contributed by atoms with Crippen LogP contribution in [0.2, 0.25) is 0 Å². The Hall–Kier alpha value is -4.88. The summed E-state index contributed by atoms with van der Waals surface area (Å²) in [6.07, 6.45) is 10.4. The first-order chi connectivity index (χ1) is 22.2. The maximum Gasteiger partial charge on any atom is 0.228 e. The number of benzene rings is 1. The fourth-order valence-electron chi connectivity index (χ4n) is 5.88. The molecular formula is C33H34N8O4S. The number of anilines is 2. The molecule has 0 atom stereocenters. The summed E-state index contributed by atoms with van der Waals surface area (Å²) in [6.45, 7) is 2.11. The number of amides is 1. The van der Waals surface area contributed by atoms with E-state index in [9.17, 15) is 13.2 Å². The van der Waals surface area contributed by atoms with E-state index in [1.165, 1.54) is 12.3 Å². The number of likely N-dealkylation sites (tertiary alicyclic amines) is 1. The molecule has 1 saturated heterocycles. The molecule has 12 nitrogen and oxygen atoms in total. The van der Waals surface area contributed by atoms with Crippen LogP contribution < -0.4 is 15.4 Å². The van der Waals surface area contributed by atoms with Gasteiger partial charge in [0.05, 0.1) is 25.0 Å². The Kier molecular flexibility index (Phi) is 7.65. The molecule has 7 rings (SSSR count). The number of nitrogens with zero attached hydrogens (tertiary/aromatic N) is 6. The Morgan fingerprint density at radius 2 is 1.78 bits per heavy atom. The summed E-state index contributed by atoms with van der Waals surface area (Å²) in [5, 5.41) is 12.6. The Bertz CT molecular complexity index is 2070. The van der Waals surface area contributed by atoms with Crippen molar-refractivity contribution in [1.82, 2.24) is 29.6 Å². The number of hydrogen-bond acceptors (Lipinski definition) is 10. The number of para-hydroxylation sites is 1. The minimum absolute atomic E-state index is 0.000264. The molecule has 1 amide bonds. The topological polar surface area (TPSA) is 144 Å². The molecule has 236 valence electrons. The summed E-state index contributed by atoms with van der Waals surface area (Å²) < 4.78 is 31.8. The van der Waals surface area contributed by atoms with E-state index in [1.54, 1.807) is 19.4 Å². The third-order valence-electron chi connectivity index (χ3n) is 8.49. The Morgan fingerprint density at radius 1 is 1.00 bits per heavy atom. The van der Waals surface area contributed by atoms with Crippen molar-refractivity contribution in [2.45, 2.75) is 30.5 Å². The van der Waals surface area contributed by atoms with Crippen LogP contribution in [0.1, 0.15) is 24.6 Å². The van der Waals surface area contributed by atoms with Gasteiger partial charge in [-0.1, -0.05) is 24.3 Å². The summed E-state index contributed by atoms with van der Waals surface area (Å²) in [7, 11) is 0.120. The Labute approximate surface area is 266 Å². The van der Waals surface area contributed by atoms with Crippen LogP contribution in [0.4, 0.5) is 11.6 Å². The molecule has 2 fully saturated rings. The van der Waals surface area contributed by atoms with Crippen molar-refractivity contribution in [3.63, 3.8) is 0 Å². The molecule has 13 heteroatoms. The van der Waals surface area contributed by atoms with E-state index in [-0.39, 0.29) is 22.9 Å². The first kappa shape index (κ1) is 29.8. The normalized spacial score (nSPS) is 15.5. The van der Waals surface area contributed by atoms with Gasteiger partial charge in [0.15, 0.2) is 14.9 Å². The van der Waals surface area contributed by atoms with Crippen LogP contribution in [0.3, 0.4) is 0 Å². The molecule has 1 aliphatic heterocycles. The van der Waals surface area contributed by atoms with Crippen LogP contribution in [0.5, 0.6) is 5.75 Å². The molecule has 0 radical (unpaired) electrons. The number of ether oxygens (including phenoxy) is 1. The maximum absolute atomic E-state index is 12.5. The fourth-order valence-corrected chi connectivity index (χ4v) is 6.49. The highest BCUT2D eigenvalue weighted by molar-refractivity contribution is 7.90. The molecule has 1 saturated carbocycles. The number of nitrogens with one attached hydrogen (secondary N) is 2. The molecule has 0 spiro atoms. The second-order valence-electron chi connectivity index (χ2n) is 11.8. The molecule has 2 N–H and O–H groups in total. The molecule has 5 aromatic rings. The third-order valence-corrected chi connectivity index (χ3v) is 9.48. The first-order valence-corrected chi connectivity index (χ1v) is 17.0. The van der Waals surface area contributed by atoms with E-state index in [0.717, 1.165) is 64.7 Å². The molecule has 1 aromatic carbocycles. The minimum atomic E-state index is -3.35. The maximum atomic E-state index is 12.5. The highest BCUT2D eigenvalue weighted by Crippen LogP contribution is 2.42. The Balaban J connectivity index is 1.14. The van der Waals surface area contributed by atoms with Gasteiger partial charge in [0.1, 0.15) is 17.4 Å². The highest BCUT2D eigenvalue weighted by Gasteiger charge is 2.31. The first-order valence-electron chi connectivity index (χ1n) is 15.1. The predicted molar refractivity (Wildman–Crippen MR) is 175 cm³/mol. The van der Waals surface area contributed by atoms with Crippen LogP contribution in [-0.2, 0) is 21.2 Å². The van der Waals surface area contributed by atoms with Crippen LogP contribution in [0.25, 0.3) is 33.0 Å². The second kappa shape index (κ2) is 11.8. The second-order valence-corrected chi connectivity index (χ2v) is 13.8. The Morgan fingerprint density at radius 3 is 2.52 bits per heavy atom. The van der Waals surface area contributed by atoms with Gasteiger partial charge in [-0.3, -0.25) is 14.4 Å². The molecule has 4 aromatic heterocycles. The molecular weight excluding hydrogens is 604 g/mol. The number of fused-ring (bicyclic) bond motifs is 1. The lowest BCUT2D eigenvalue weighted by Crippen LogP contribution is -2.47. The number of aromatic nitrogens is 5. The molecule has 0 unspecified atom stereocenters. The standard InChI is InChI=1S/C33H34N8O4S/c1-34-32-28-15-35-29(39-33(42)20-10-11-20)12-26(28)27(14-36-32)25-8-5-7-24(31(25)45-2)21-13-37-41(16-21)23-18-40(19-23)17-22-6-4-9-30(38-22)46(3,43)44/h4-9,12-16,20,23H,10-11,17-19H2,1-3H3,(H,34,36)(H,35,39,42). The summed E-state index contributed by atoms with van der Waals surface area (Å²) in [5.41, 5.74) is 4.25. The van der Waals surface area contributed by atoms with Gasteiger partial charge < -0.3 is 15.4 Å². The lowest BCUT2D eigenvalue weighted by atomic mass is 9.96. The summed E-state index contributed by atoms with van der Waals surface area (Å²) in [5.74, 6) is 1.95. The number of sulfone groups is 1. The number of rotatable bonds is 10. The zero-order valence-electron chi connectivity index (χ0n) is 25.8. The summed E-state index contributed by atoms with van der Waals surface area (Å²) in [6, 6.07) is 13.2. The zero-order chi connectivity index (χ0) is 32.0. The van der Waals surface area contributed by atoms with Crippen molar-refractivity contribution in [1.29, 1.82) is 0 Å². The lowest BCUT2D eigenvalue weighted by Gasteiger charge is -2.39. The van der Waals surface area contributed by atoms with Crippen molar-refractivity contribution >= 4 is 38.2 Å². The zero-order valence-corrected chi connectivity index (χ0v) is 26.6. The van der Waals surface area contributed by atoms with Crippen LogP contribution in [-0.4, -0.2) is 77.5 Å². The van der Waals surface area contributed by atoms with E-state index < -0.39 is 9.84 Å². The van der Waals surface area contributed by atoms with Gasteiger partial charge in [0.2, 0.25) is 5.91 Å². The number of carbonyl (C=O) groups is 1. The van der Waals surface area contributed by atoms with Crippen LogP contribution in [0.15, 0.2) is 72.3 Å². The molecule has 46 heavy (non-hydrogen) atoms. The van der Waals surface area contributed by atoms with Gasteiger partial charge in [-0.15, -0.1) is 0 Å². The van der Waals surface area contributed by atoms with Gasteiger partial charge in [-0.2, -0.15) is 5.10 Å². The third kappa shape index (κ3) is 5.79. The quantitative estimate of drug-likeness (QED) is 0.226. The fraction of sp³-hybridized carbons (Fsp3) is 0.303. The highest BCUT2D eigenvalue weighted by atomic mass is 32.2. The van der Waals surface area contributed by atoms with Crippen molar-refractivity contribution < 1.29 is 17.9 Å². The van der Waals surface area contributed by atoms with E-state index in [4.69, 9.17) is 4.74 Å². The van der Waals surface area contributed by atoms with E-state index >= 15 is 0 Å². The molecule has 5 heterocycles. The van der Waals surface area contributed by atoms with Gasteiger partial charge >= 0.3 is 0 Å². The number of methoxy groups -OCH3 is 1. The van der Waals surface area contributed by atoms with Gasteiger partial charge in [0, 0.05) is 90.5 Å². The van der Waals surface area contributed by atoms with E-state index in [1.807, 2.05) is 60.7 Å². The SMILES string of the molecule is CNc1ncc(-c2cccc(-c3cnn(C4CN(Cc5cccc(S(C)(=O)=O)n5)C4)c3)c2OC)c2cc(NC(=O)C3CC3)ncc12. The van der Waals surface area contributed by atoms with Gasteiger partial charge in [-0.25, -0.2) is 23.4 Å². The van der Waals surface area contributed by atoms with Crippen molar-refractivity contribution in [3.05, 3.63) is 72.9 Å². The van der Waals surface area contributed by atoms with E-state index in [0.29, 0.717) is 23.9 Å². The molecule has 1 aliphatic carbocycles. The van der Waals surface area contributed by atoms with Crippen molar-refractivity contribution in [2.24, 2.45) is 5.92 Å². The monoisotopic (exact) mass is 638 g/mol. The van der Waals surface area contributed by atoms with Crippen molar-refractivity contribution in [2.75, 3.05) is 44.1 Å². The predicted octanol–water partition coefficient (Wildman–Crippen LogP) is 4.41. The largest absolute Gasteiger partial charge is 0.495 e. The number of hydrogen-bond donors (Lipinski definition) is 2. The minimum Gasteiger partial charge on any atom is -0.495 e. The molecule has 2 aliphatic rings. The number of carbonyl (C=O) groups excluding carboxylic acids is 1. The van der Waals surface area contributed by atoms with Crippen LogP contribution >= 0.6 is 0 Å².